The summed E-state index contributed by atoms with van der Waals surface area (Å²) in [7, 11) is 0. The molecule has 0 aliphatic carbocycles. The van der Waals surface area contributed by atoms with Gasteiger partial charge in [0.15, 0.2) is 0 Å². The Bertz CT molecular complexity index is 324. The molecule has 2 nitrogen and oxygen atoms in total. The molecular weight excluding hydrogens is 210 g/mol. The lowest BCUT2D eigenvalue weighted by Crippen LogP contribution is -2.42. The van der Waals surface area contributed by atoms with Crippen molar-refractivity contribution in [3.63, 3.8) is 0 Å². The molecule has 1 rings (SSSR count). The van der Waals surface area contributed by atoms with Gasteiger partial charge in [0.25, 0.3) is 0 Å². The van der Waals surface area contributed by atoms with E-state index in [0.29, 0.717) is 0 Å². The van der Waals surface area contributed by atoms with Crippen molar-refractivity contribution in [3.8, 4) is 5.75 Å². The first-order chi connectivity index (χ1) is 7.90. The molecule has 1 N–H and O–H groups in total. The molecule has 0 saturated carbocycles. The second-order valence-electron chi connectivity index (χ2n) is 5.59. The van der Waals surface area contributed by atoms with Crippen molar-refractivity contribution in [1.82, 2.24) is 5.32 Å². The summed E-state index contributed by atoms with van der Waals surface area (Å²) in [5.41, 5.74) is 1.41. The summed E-state index contributed by atoms with van der Waals surface area (Å²) < 4.78 is 5.95. The predicted octanol–water partition coefficient (Wildman–Crippen LogP) is 3.54. The van der Waals surface area contributed by atoms with Gasteiger partial charge in [0.1, 0.15) is 11.9 Å². The number of hydrogen-bond acceptors (Lipinski definition) is 2. The molecule has 0 bridgehead atoms. The van der Waals surface area contributed by atoms with E-state index >= 15 is 0 Å². The van der Waals surface area contributed by atoms with Crippen LogP contribution in [0.3, 0.4) is 0 Å². The van der Waals surface area contributed by atoms with Crippen LogP contribution in [0, 0.1) is 6.92 Å². The molecule has 1 aromatic carbocycles. The molecule has 1 aromatic rings. The molecule has 17 heavy (non-hydrogen) atoms. The number of benzene rings is 1. The van der Waals surface area contributed by atoms with Gasteiger partial charge in [0, 0.05) is 12.1 Å². The maximum Gasteiger partial charge on any atom is 0.119 e. The van der Waals surface area contributed by atoms with Crippen LogP contribution in [-0.2, 0) is 0 Å². The maximum absolute atomic E-state index is 5.95. The van der Waals surface area contributed by atoms with Crippen LogP contribution >= 0.6 is 0 Å². The van der Waals surface area contributed by atoms with E-state index in [4.69, 9.17) is 4.74 Å². The Hall–Kier alpha value is -1.02. The van der Waals surface area contributed by atoms with Crippen LogP contribution in [0.15, 0.2) is 24.3 Å². The van der Waals surface area contributed by atoms with Gasteiger partial charge >= 0.3 is 0 Å². The molecule has 96 valence electrons. The molecule has 0 aliphatic heterocycles. The summed E-state index contributed by atoms with van der Waals surface area (Å²) in [6, 6.07) is 8.24. The number of nitrogens with one attached hydrogen (secondary N) is 1. The Kier molecular flexibility index (Phi) is 5.01. The number of hydrogen-bond donors (Lipinski definition) is 1. The quantitative estimate of drug-likeness (QED) is 0.843. The van der Waals surface area contributed by atoms with Crippen molar-refractivity contribution < 1.29 is 4.74 Å². The van der Waals surface area contributed by atoms with Gasteiger partial charge < -0.3 is 10.1 Å². The lowest BCUT2D eigenvalue weighted by molar-refractivity contribution is 0.181. The van der Waals surface area contributed by atoms with Crippen LogP contribution in [0.1, 0.15) is 39.7 Å². The topological polar surface area (TPSA) is 21.3 Å². The van der Waals surface area contributed by atoms with Gasteiger partial charge in [-0.1, -0.05) is 24.6 Å². The Morgan fingerprint density at radius 1 is 1.18 bits per heavy atom. The molecule has 0 aromatic heterocycles. The van der Waals surface area contributed by atoms with E-state index in [0.717, 1.165) is 18.7 Å². The van der Waals surface area contributed by atoms with Gasteiger partial charge in [-0.15, -0.1) is 0 Å². The molecule has 1 unspecified atom stereocenters. The summed E-state index contributed by atoms with van der Waals surface area (Å²) in [5, 5.41) is 3.48. The van der Waals surface area contributed by atoms with Gasteiger partial charge in [-0.3, -0.25) is 0 Å². The molecule has 0 fully saturated rings. The molecule has 0 saturated heterocycles. The summed E-state index contributed by atoms with van der Waals surface area (Å²) in [4.78, 5) is 0. The fourth-order valence-electron chi connectivity index (χ4n) is 1.50. The molecule has 1 atom stereocenters. The summed E-state index contributed by atoms with van der Waals surface area (Å²) in [6.45, 7) is 11.6. The minimum absolute atomic E-state index is 0.143. The third-order valence-corrected chi connectivity index (χ3v) is 2.64. The SMILES string of the molecule is CCC(CNC(C)(C)C)Oc1ccc(C)cc1. The summed E-state index contributed by atoms with van der Waals surface area (Å²) in [5.74, 6) is 0.957. The van der Waals surface area contributed by atoms with Crippen LogP contribution in [-0.4, -0.2) is 18.2 Å². The fraction of sp³-hybridized carbons (Fsp3) is 0.600. The van der Waals surface area contributed by atoms with Gasteiger partial charge in [-0.2, -0.15) is 0 Å². The first-order valence-electron chi connectivity index (χ1n) is 6.39. The van der Waals surface area contributed by atoms with Gasteiger partial charge in [-0.25, -0.2) is 0 Å². The zero-order valence-corrected chi connectivity index (χ0v) is 11.7. The van der Waals surface area contributed by atoms with Crippen LogP contribution in [0.2, 0.25) is 0 Å². The molecule has 0 radical (unpaired) electrons. The van der Waals surface area contributed by atoms with E-state index in [2.05, 4.69) is 52.1 Å². The maximum atomic E-state index is 5.95. The summed E-state index contributed by atoms with van der Waals surface area (Å²) >= 11 is 0. The largest absolute Gasteiger partial charge is 0.489 e. The van der Waals surface area contributed by atoms with Crippen molar-refractivity contribution in [1.29, 1.82) is 0 Å². The normalized spacial score (nSPS) is 13.5. The van der Waals surface area contributed by atoms with Crippen LogP contribution in [0.25, 0.3) is 0 Å². The Morgan fingerprint density at radius 3 is 2.24 bits per heavy atom. The Labute approximate surface area is 105 Å². The smallest absolute Gasteiger partial charge is 0.119 e. The monoisotopic (exact) mass is 235 g/mol. The average Bonchev–Trinajstić information content (AvgIpc) is 2.25. The Balaban J connectivity index is 2.49. The standard InChI is InChI=1S/C15H25NO/c1-6-13(11-16-15(3,4)5)17-14-9-7-12(2)8-10-14/h7-10,13,16H,6,11H2,1-5H3. The second kappa shape index (κ2) is 6.06. The molecular formula is C15H25NO. The van der Waals surface area contributed by atoms with E-state index in [9.17, 15) is 0 Å². The number of aryl methyl sites for hydroxylation is 1. The van der Waals surface area contributed by atoms with Crippen LogP contribution < -0.4 is 10.1 Å². The van der Waals surface area contributed by atoms with Crippen molar-refractivity contribution in [2.75, 3.05) is 6.54 Å². The third-order valence-electron chi connectivity index (χ3n) is 2.64. The van der Waals surface area contributed by atoms with Gasteiger partial charge in [0.05, 0.1) is 0 Å². The molecule has 0 amide bonds. The minimum atomic E-state index is 0.143. The van der Waals surface area contributed by atoms with Crippen molar-refractivity contribution in [2.24, 2.45) is 0 Å². The lowest BCUT2D eigenvalue weighted by atomic mass is 10.1. The van der Waals surface area contributed by atoms with E-state index in [-0.39, 0.29) is 11.6 Å². The highest BCUT2D eigenvalue weighted by Crippen LogP contribution is 2.14. The second-order valence-corrected chi connectivity index (χ2v) is 5.59. The summed E-state index contributed by atoms with van der Waals surface area (Å²) in [6.07, 6.45) is 1.24. The van der Waals surface area contributed by atoms with Crippen molar-refractivity contribution in [3.05, 3.63) is 29.8 Å². The zero-order valence-electron chi connectivity index (χ0n) is 11.7. The zero-order chi connectivity index (χ0) is 12.9. The average molecular weight is 235 g/mol. The van der Waals surface area contributed by atoms with E-state index < -0.39 is 0 Å². The van der Waals surface area contributed by atoms with Crippen LogP contribution in [0.5, 0.6) is 5.75 Å². The van der Waals surface area contributed by atoms with Gasteiger partial charge in [0.2, 0.25) is 0 Å². The minimum Gasteiger partial charge on any atom is -0.489 e. The number of ether oxygens (including phenoxy) is 1. The first-order valence-corrected chi connectivity index (χ1v) is 6.39. The highest BCUT2D eigenvalue weighted by Gasteiger charge is 2.13. The van der Waals surface area contributed by atoms with E-state index in [1.807, 2.05) is 12.1 Å². The highest BCUT2D eigenvalue weighted by atomic mass is 16.5. The predicted molar refractivity (Wildman–Crippen MR) is 73.6 cm³/mol. The van der Waals surface area contributed by atoms with Crippen molar-refractivity contribution in [2.45, 2.75) is 52.7 Å². The molecule has 0 heterocycles. The first kappa shape index (κ1) is 14.0. The molecule has 0 spiro atoms. The van der Waals surface area contributed by atoms with Crippen molar-refractivity contribution >= 4 is 0 Å². The third kappa shape index (κ3) is 5.73. The highest BCUT2D eigenvalue weighted by molar-refractivity contribution is 5.26. The lowest BCUT2D eigenvalue weighted by Gasteiger charge is -2.25. The van der Waals surface area contributed by atoms with E-state index in [1.165, 1.54) is 5.56 Å². The fourth-order valence-corrected chi connectivity index (χ4v) is 1.50. The van der Waals surface area contributed by atoms with E-state index in [1.54, 1.807) is 0 Å². The Morgan fingerprint density at radius 2 is 1.76 bits per heavy atom. The number of rotatable bonds is 5. The molecule has 2 heteroatoms. The molecule has 0 aliphatic rings. The van der Waals surface area contributed by atoms with Gasteiger partial charge in [-0.05, 0) is 46.2 Å². The van der Waals surface area contributed by atoms with Crippen LogP contribution in [0.4, 0.5) is 0 Å².